The van der Waals surface area contributed by atoms with E-state index in [4.69, 9.17) is 0 Å². The second kappa shape index (κ2) is 4.27. The second-order valence-electron chi connectivity index (χ2n) is 3.93. The van der Waals surface area contributed by atoms with Crippen molar-refractivity contribution in [2.45, 2.75) is 11.7 Å². The maximum absolute atomic E-state index is 12.0. The van der Waals surface area contributed by atoms with Crippen LogP contribution in [0.4, 0.5) is 0 Å². The first-order valence-corrected chi connectivity index (χ1v) is 6.15. The van der Waals surface area contributed by atoms with E-state index >= 15 is 0 Å². The van der Waals surface area contributed by atoms with Gasteiger partial charge in [-0.2, -0.15) is 0 Å². The monoisotopic (exact) mass is 221 g/mol. The molecule has 0 unspecified atom stereocenters. The fourth-order valence-electron chi connectivity index (χ4n) is 1.83. The van der Waals surface area contributed by atoms with Crippen LogP contribution in [0, 0.1) is 0 Å². The number of nitrogens with zero attached hydrogens (tertiary/aromatic N) is 1. The van der Waals surface area contributed by atoms with Crippen LogP contribution in [0.3, 0.4) is 0 Å². The van der Waals surface area contributed by atoms with E-state index in [9.17, 15) is 4.79 Å². The van der Waals surface area contributed by atoms with Gasteiger partial charge in [0.25, 0.3) is 0 Å². The van der Waals surface area contributed by atoms with Gasteiger partial charge in [0.2, 0.25) is 5.91 Å². The van der Waals surface area contributed by atoms with E-state index in [0.29, 0.717) is 0 Å². The molecule has 0 spiro atoms. The maximum Gasteiger partial charge on any atom is 0.239 e. The summed E-state index contributed by atoms with van der Waals surface area (Å²) in [6, 6.07) is 8.27. The number of hydrogen-bond acceptors (Lipinski definition) is 2. The molecule has 0 aliphatic carbocycles. The number of likely N-dealkylation sites (N-methyl/N-ethyl adjacent to an activating group) is 1. The Bertz CT molecular complexity index is 376. The van der Waals surface area contributed by atoms with Crippen LogP contribution in [0.15, 0.2) is 24.3 Å². The summed E-state index contributed by atoms with van der Waals surface area (Å²) >= 11 is 1.75. The van der Waals surface area contributed by atoms with Gasteiger partial charge in [-0.15, -0.1) is 11.8 Å². The van der Waals surface area contributed by atoms with Gasteiger partial charge in [0.05, 0.1) is 0 Å². The van der Waals surface area contributed by atoms with E-state index in [1.165, 1.54) is 11.1 Å². The number of aryl methyl sites for hydroxylation is 1. The molecule has 1 aliphatic heterocycles. The number of carbonyl (C=O) groups is 1. The third-order valence-corrected chi connectivity index (χ3v) is 3.89. The number of rotatable bonds is 1. The lowest BCUT2D eigenvalue weighted by Gasteiger charge is -2.26. The molecule has 1 aromatic rings. The molecule has 0 fully saturated rings. The lowest BCUT2D eigenvalue weighted by atomic mass is 10.0. The van der Waals surface area contributed by atoms with Gasteiger partial charge >= 0.3 is 0 Å². The van der Waals surface area contributed by atoms with Gasteiger partial charge < -0.3 is 4.90 Å². The largest absolute Gasteiger partial charge is 0.348 e. The fraction of sp³-hybridized carbons (Fsp3) is 0.417. The summed E-state index contributed by atoms with van der Waals surface area (Å²) in [4.78, 5) is 13.6. The molecule has 0 radical (unpaired) electrons. The highest BCUT2D eigenvalue weighted by atomic mass is 32.2. The molecule has 1 aromatic carbocycles. The van der Waals surface area contributed by atoms with Crippen LogP contribution in [0.1, 0.15) is 16.4 Å². The zero-order valence-electron chi connectivity index (χ0n) is 9.06. The maximum atomic E-state index is 12.0. The van der Waals surface area contributed by atoms with E-state index in [1.807, 2.05) is 26.2 Å². The Hall–Kier alpha value is -0.960. The van der Waals surface area contributed by atoms with Crippen molar-refractivity contribution in [3.8, 4) is 0 Å². The van der Waals surface area contributed by atoms with Crippen LogP contribution >= 0.6 is 11.8 Å². The highest BCUT2D eigenvalue weighted by Gasteiger charge is 2.27. The number of amides is 1. The predicted octanol–water partition coefficient (Wildman–Crippen LogP) is 2.11. The van der Waals surface area contributed by atoms with Gasteiger partial charge in [-0.3, -0.25) is 4.79 Å². The lowest BCUT2D eigenvalue weighted by Crippen LogP contribution is -2.29. The van der Waals surface area contributed by atoms with Crippen LogP contribution in [0.2, 0.25) is 0 Å². The summed E-state index contributed by atoms with van der Waals surface area (Å²) in [7, 11) is 3.64. The number of hydrogen-bond donors (Lipinski definition) is 0. The van der Waals surface area contributed by atoms with Crippen LogP contribution in [0.5, 0.6) is 0 Å². The zero-order chi connectivity index (χ0) is 10.8. The third kappa shape index (κ3) is 2.02. The number of fused-ring (bicyclic) bond motifs is 1. The molecule has 1 atom stereocenters. The number of thioether (sulfide) groups is 1. The normalized spacial score (nSPS) is 19.5. The molecule has 2 nitrogen and oxygen atoms in total. The Kier molecular flexibility index (Phi) is 3.00. The van der Waals surface area contributed by atoms with Crippen molar-refractivity contribution in [3.05, 3.63) is 35.4 Å². The average Bonchev–Trinajstić information content (AvgIpc) is 2.27. The molecule has 1 aliphatic rings. The number of benzene rings is 1. The second-order valence-corrected chi connectivity index (χ2v) is 5.15. The molecule has 2 rings (SSSR count). The average molecular weight is 221 g/mol. The topological polar surface area (TPSA) is 20.3 Å². The van der Waals surface area contributed by atoms with E-state index < -0.39 is 0 Å². The quantitative estimate of drug-likeness (QED) is 0.724. The number of carbonyl (C=O) groups excluding carboxylic acids is 1. The molecule has 15 heavy (non-hydrogen) atoms. The Morgan fingerprint density at radius 3 is 2.87 bits per heavy atom. The summed E-state index contributed by atoms with van der Waals surface area (Å²) < 4.78 is 0. The Balaban J connectivity index is 2.34. The summed E-state index contributed by atoms with van der Waals surface area (Å²) in [6.07, 6.45) is 1.08. The Morgan fingerprint density at radius 2 is 2.13 bits per heavy atom. The molecular formula is C12H15NOS. The van der Waals surface area contributed by atoms with E-state index in [2.05, 4.69) is 12.1 Å². The Labute approximate surface area is 94.7 Å². The van der Waals surface area contributed by atoms with Gasteiger partial charge in [0, 0.05) is 14.1 Å². The van der Waals surface area contributed by atoms with Crippen LogP contribution in [-0.4, -0.2) is 30.7 Å². The van der Waals surface area contributed by atoms with Crippen LogP contribution < -0.4 is 0 Å². The minimum atomic E-state index is 0.00458. The van der Waals surface area contributed by atoms with Crippen molar-refractivity contribution in [2.75, 3.05) is 19.8 Å². The van der Waals surface area contributed by atoms with E-state index in [1.54, 1.807) is 16.7 Å². The first-order valence-electron chi connectivity index (χ1n) is 5.10. The summed E-state index contributed by atoms with van der Waals surface area (Å²) in [5.74, 6) is 1.24. The van der Waals surface area contributed by atoms with Gasteiger partial charge in [0.15, 0.2) is 0 Å². The molecule has 80 valence electrons. The molecule has 0 saturated heterocycles. The Morgan fingerprint density at radius 1 is 1.40 bits per heavy atom. The molecule has 0 aromatic heterocycles. The van der Waals surface area contributed by atoms with Gasteiger partial charge in [-0.1, -0.05) is 24.3 Å². The highest BCUT2D eigenvalue weighted by molar-refractivity contribution is 8.00. The summed E-state index contributed by atoms with van der Waals surface area (Å²) in [6.45, 7) is 0. The van der Waals surface area contributed by atoms with Crippen LogP contribution in [0.25, 0.3) is 0 Å². The van der Waals surface area contributed by atoms with E-state index in [0.717, 1.165) is 12.2 Å². The molecule has 0 bridgehead atoms. The van der Waals surface area contributed by atoms with Crippen molar-refractivity contribution in [1.29, 1.82) is 0 Å². The zero-order valence-corrected chi connectivity index (χ0v) is 9.88. The summed E-state index contributed by atoms with van der Waals surface area (Å²) in [5.41, 5.74) is 2.53. The fourth-order valence-corrected chi connectivity index (χ4v) is 3.17. The SMILES string of the molecule is CN(C)C(=O)[C@H]1SCCc2ccccc21. The standard InChI is InChI=1S/C12H15NOS/c1-13(2)12(14)11-10-6-4-3-5-9(10)7-8-15-11/h3-6,11H,7-8H2,1-2H3/t11-/m0/s1. The van der Waals surface area contributed by atoms with Gasteiger partial charge in [-0.05, 0) is 23.3 Å². The van der Waals surface area contributed by atoms with Gasteiger partial charge in [-0.25, -0.2) is 0 Å². The van der Waals surface area contributed by atoms with Crippen molar-refractivity contribution in [3.63, 3.8) is 0 Å². The van der Waals surface area contributed by atoms with Gasteiger partial charge in [0.1, 0.15) is 5.25 Å². The molecule has 3 heteroatoms. The molecule has 1 heterocycles. The van der Waals surface area contributed by atoms with Crippen LogP contribution in [-0.2, 0) is 11.2 Å². The minimum absolute atomic E-state index is 0.00458. The third-order valence-electron chi connectivity index (χ3n) is 2.66. The molecule has 1 amide bonds. The van der Waals surface area contributed by atoms with Crippen molar-refractivity contribution >= 4 is 17.7 Å². The highest BCUT2D eigenvalue weighted by Crippen LogP contribution is 2.37. The molecular weight excluding hydrogens is 206 g/mol. The minimum Gasteiger partial charge on any atom is -0.348 e. The van der Waals surface area contributed by atoms with Crippen molar-refractivity contribution in [2.24, 2.45) is 0 Å². The van der Waals surface area contributed by atoms with Crippen molar-refractivity contribution < 1.29 is 4.79 Å². The van der Waals surface area contributed by atoms with Crippen molar-refractivity contribution in [1.82, 2.24) is 4.90 Å². The predicted molar refractivity (Wildman–Crippen MR) is 64.0 cm³/mol. The first kappa shape index (κ1) is 10.6. The lowest BCUT2D eigenvalue weighted by molar-refractivity contribution is -0.128. The van der Waals surface area contributed by atoms with E-state index in [-0.39, 0.29) is 11.2 Å². The molecule has 0 N–H and O–H groups in total. The smallest absolute Gasteiger partial charge is 0.239 e. The summed E-state index contributed by atoms with van der Waals surface area (Å²) in [5, 5.41) is 0.00458. The molecule has 0 saturated carbocycles. The first-order chi connectivity index (χ1) is 7.20.